The third-order valence-corrected chi connectivity index (χ3v) is 7.80. The van der Waals surface area contributed by atoms with Crippen molar-refractivity contribution in [3.8, 4) is 0 Å². The van der Waals surface area contributed by atoms with Crippen LogP contribution in [0.4, 0.5) is 0 Å². The Labute approximate surface area is 140 Å². The number of benzene rings is 1. The molecule has 7 heteroatoms. The van der Waals surface area contributed by atoms with Crippen molar-refractivity contribution in [3.05, 3.63) is 30.3 Å². The number of carbonyl (C=O) groups is 2. The van der Waals surface area contributed by atoms with E-state index in [4.69, 9.17) is 9.47 Å². The van der Waals surface area contributed by atoms with Crippen LogP contribution < -0.4 is 0 Å². The summed E-state index contributed by atoms with van der Waals surface area (Å²) < 4.78 is 36.7. The standard InChI is InChI=1S/C17H18O6S/c1-2-22-16(18)13-11-8-10-12(13)17(19)23-14(10)15(11)24(20,21)9-6-4-3-5-7-9/h3-7,10-15H,2,8H2,1H3. The fourth-order valence-electron chi connectivity index (χ4n) is 4.73. The van der Waals surface area contributed by atoms with Crippen LogP contribution in [0.2, 0.25) is 0 Å². The Balaban J connectivity index is 1.76. The van der Waals surface area contributed by atoms with Crippen molar-refractivity contribution in [3.63, 3.8) is 0 Å². The van der Waals surface area contributed by atoms with Crippen molar-refractivity contribution in [1.82, 2.24) is 0 Å². The third kappa shape index (κ3) is 1.97. The lowest BCUT2D eigenvalue weighted by molar-refractivity contribution is -0.155. The fraction of sp³-hybridized carbons (Fsp3) is 0.529. The van der Waals surface area contributed by atoms with E-state index in [2.05, 4.69) is 0 Å². The maximum Gasteiger partial charge on any atom is 0.310 e. The highest BCUT2D eigenvalue weighted by atomic mass is 32.2. The molecule has 0 amide bonds. The minimum absolute atomic E-state index is 0.199. The van der Waals surface area contributed by atoms with Gasteiger partial charge in [-0.15, -0.1) is 0 Å². The molecule has 0 spiro atoms. The molecule has 128 valence electrons. The maximum atomic E-state index is 13.1. The third-order valence-electron chi connectivity index (χ3n) is 5.53. The van der Waals surface area contributed by atoms with Crippen molar-refractivity contribution in [2.24, 2.45) is 23.7 Å². The Morgan fingerprint density at radius 2 is 1.96 bits per heavy atom. The van der Waals surface area contributed by atoms with E-state index in [-0.39, 0.29) is 17.4 Å². The first-order chi connectivity index (χ1) is 11.5. The smallest absolute Gasteiger partial charge is 0.310 e. The molecule has 4 rings (SSSR count). The molecule has 3 aliphatic rings. The van der Waals surface area contributed by atoms with Crippen LogP contribution in [0.5, 0.6) is 0 Å². The molecule has 2 bridgehead atoms. The summed E-state index contributed by atoms with van der Waals surface area (Å²) in [5.74, 6) is -2.86. The summed E-state index contributed by atoms with van der Waals surface area (Å²) >= 11 is 0. The van der Waals surface area contributed by atoms with Crippen molar-refractivity contribution in [2.75, 3.05) is 6.61 Å². The molecule has 2 aliphatic carbocycles. The molecule has 1 aromatic rings. The van der Waals surface area contributed by atoms with E-state index in [1.807, 2.05) is 0 Å². The molecular formula is C17H18O6S. The number of hydrogen-bond donors (Lipinski definition) is 0. The zero-order valence-corrected chi connectivity index (χ0v) is 13.9. The Morgan fingerprint density at radius 1 is 1.25 bits per heavy atom. The number of ether oxygens (including phenoxy) is 2. The highest BCUT2D eigenvalue weighted by molar-refractivity contribution is 7.92. The van der Waals surface area contributed by atoms with Gasteiger partial charge in [0.2, 0.25) is 0 Å². The predicted molar refractivity (Wildman–Crippen MR) is 82.5 cm³/mol. The van der Waals surface area contributed by atoms with Gasteiger partial charge in [-0.1, -0.05) is 18.2 Å². The van der Waals surface area contributed by atoms with Gasteiger partial charge in [0.1, 0.15) is 11.4 Å². The van der Waals surface area contributed by atoms with Crippen molar-refractivity contribution >= 4 is 21.8 Å². The van der Waals surface area contributed by atoms with Crippen molar-refractivity contribution in [1.29, 1.82) is 0 Å². The average molecular weight is 350 g/mol. The molecule has 2 saturated carbocycles. The van der Waals surface area contributed by atoms with Gasteiger partial charge in [-0.2, -0.15) is 0 Å². The van der Waals surface area contributed by atoms with Gasteiger partial charge in [0, 0.05) is 5.92 Å². The van der Waals surface area contributed by atoms with E-state index in [0.717, 1.165) is 0 Å². The second-order valence-electron chi connectivity index (χ2n) is 6.59. The minimum atomic E-state index is -3.69. The first-order valence-corrected chi connectivity index (χ1v) is 9.67. The van der Waals surface area contributed by atoms with E-state index in [0.29, 0.717) is 6.42 Å². The molecule has 1 aliphatic heterocycles. The molecule has 1 saturated heterocycles. The molecule has 3 fully saturated rings. The second kappa shape index (κ2) is 5.31. The van der Waals surface area contributed by atoms with Crippen LogP contribution in [0.1, 0.15) is 13.3 Å². The SMILES string of the molecule is CCOC(=O)C1C2CC3C(OC(=O)C31)C2S(=O)(=O)c1ccccc1. The van der Waals surface area contributed by atoms with Crippen LogP contribution in [-0.4, -0.2) is 38.3 Å². The predicted octanol–water partition coefficient (Wildman–Crippen LogP) is 1.20. The highest BCUT2D eigenvalue weighted by Gasteiger charge is 2.71. The van der Waals surface area contributed by atoms with Crippen LogP contribution in [0.3, 0.4) is 0 Å². The van der Waals surface area contributed by atoms with Gasteiger partial charge in [-0.05, 0) is 31.4 Å². The zero-order chi connectivity index (χ0) is 17.1. The molecule has 6 atom stereocenters. The fourth-order valence-corrected chi connectivity index (χ4v) is 6.93. The first kappa shape index (κ1) is 15.6. The Hall–Kier alpha value is -1.89. The molecule has 0 aromatic heterocycles. The Bertz CT molecular complexity index is 787. The van der Waals surface area contributed by atoms with E-state index >= 15 is 0 Å². The number of sulfone groups is 1. The van der Waals surface area contributed by atoms with Gasteiger partial charge in [-0.3, -0.25) is 9.59 Å². The van der Waals surface area contributed by atoms with Crippen molar-refractivity contribution in [2.45, 2.75) is 29.6 Å². The molecule has 1 heterocycles. The van der Waals surface area contributed by atoms with Gasteiger partial charge in [-0.25, -0.2) is 8.42 Å². The summed E-state index contributed by atoms with van der Waals surface area (Å²) in [4.78, 5) is 24.7. The molecule has 24 heavy (non-hydrogen) atoms. The van der Waals surface area contributed by atoms with Gasteiger partial charge in [0.15, 0.2) is 9.84 Å². The minimum Gasteiger partial charge on any atom is -0.466 e. The lowest BCUT2D eigenvalue weighted by atomic mass is 9.80. The number of esters is 2. The lowest BCUT2D eigenvalue weighted by Gasteiger charge is -2.30. The number of fused-ring (bicyclic) bond motifs is 1. The summed E-state index contributed by atoms with van der Waals surface area (Å²) in [6.07, 6.45) is -0.134. The van der Waals surface area contributed by atoms with E-state index in [1.54, 1.807) is 25.1 Å². The molecule has 0 radical (unpaired) electrons. The van der Waals surface area contributed by atoms with Crippen LogP contribution in [0, 0.1) is 23.7 Å². The Morgan fingerprint density at radius 3 is 2.62 bits per heavy atom. The molecule has 6 unspecified atom stereocenters. The Kier molecular flexibility index (Phi) is 3.46. The number of rotatable bonds is 4. The van der Waals surface area contributed by atoms with E-state index in [1.165, 1.54) is 12.1 Å². The van der Waals surface area contributed by atoms with Crippen LogP contribution in [0.15, 0.2) is 35.2 Å². The van der Waals surface area contributed by atoms with Gasteiger partial charge < -0.3 is 9.47 Å². The quantitative estimate of drug-likeness (QED) is 0.759. The van der Waals surface area contributed by atoms with E-state index < -0.39 is 50.9 Å². The largest absolute Gasteiger partial charge is 0.466 e. The molecular weight excluding hydrogens is 332 g/mol. The first-order valence-electron chi connectivity index (χ1n) is 8.13. The summed E-state index contributed by atoms with van der Waals surface area (Å²) in [6, 6.07) is 8.13. The summed E-state index contributed by atoms with van der Waals surface area (Å²) in [7, 11) is -3.69. The van der Waals surface area contributed by atoms with Gasteiger partial charge in [0.25, 0.3) is 0 Å². The number of hydrogen-bond acceptors (Lipinski definition) is 6. The van der Waals surface area contributed by atoms with Crippen LogP contribution in [0.25, 0.3) is 0 Å². The summed E-state index contributed by atoms with van der Waals surface area (Å²) in [5.41, 5.74) is 0. The topological polar surface area (TPSA) is 86.7 Å². The molecule has 1 aromatic carbocycles. The van der Waals surface area contributed by atoms with E-state index in [9.17, 15) is 18.0 Å². The molecule has 0 N–H and O–H groups in total. The maximum absolute atomic E-state index is 13.1. The number of carbonyl (C=O) groups excluding carboxylic acids is 2. The normalized spacial score (nSPS) is 36.6. The van der Waals surface area contributed by atoms with Crippen LogP contribution in [-0.2, 0) is 28.9 Å². The van der Waals surface area contributed by atoms with Gasteiger partial charge in [0.05, 0.1) is 23.3 Å². The van der Waals surface area contributed by atoms with Crippen LogP contribution >= 0.6 is 0 Å². The summed E-state index contributed by atoms with van der Waals surface area (Å²) in [6.45, 7) is 1.90. The highest BCUT2D eigenvalue weighted by Crippen LogP contribution is 2.60. The second-order valence-corrected chi connectivity index (χ2v) is 8.70. The summed E-state index contributed by atoms with van der Waals surface area (Å²) in [5, 5.41) is -0.873. The monoisotopic (exact) mass is 350 g/mol. The lowest BCUT2D eigenvalue weighted by Crippen LogP contribution is -2.45. The molecule has 6 nitrogen and oxygen atoms in total. The van der Waals surface area contributed by atoms with Crippen molar-refractivity contribution < 1.29 is 27.5 Å². The van der Waals surface area contributed by atoms with Gasteiger partial charge >= 0.3 is 11.9 Å². The average Bonchev–Trinajstić information content (AvgIpc) is 3.17. The zero-order valence-electron chi connectivity index (χ0n) is 13.1.